The smallest absolute Gasteiger partial charge is 0.371 e. The molecule has 1 aromatic rings. The molecule has 0 saturated carbocycles. The van der Waals surface area contributed by atoms with E-state index in [0.717, 1.165) is 5.38 Å². The second kappa shape index (κ2) is 2.78. The van der Waals surface area contributed by atoms with E-state index in [1.54, 1.807) is 6.07 Å². The molecule has 3 nitrogen and oxygen atoms in total. The summed E-state index contributed by atoms with van der Waals surface area (Å²) in [4.78, 5) is 10.5. The quantitative estimate of drug-likeness (QED) is 0.709. The summed E-state index contributed by atoms with van der Waals surface area (Å²) in [6.45, 7) is 6.33. The summed E-state index contributed by atoms with van der Waals surface area (Å²) < 4.78 is 5.17. The third-order valence-corrected chi connectivity index (χ3v) is 3.30. The fourth-order valence-electron chi connectivity index (χ4n) is 0.856. The lowest BCUT2D eigenvalue weighted by Gasteiger charge is -2.10. The molecule has 0 saturated heterocycles. The van der Waals surface area contributed by atoms with E-state index in [1.807, 2.05) is 0 Å². The number of hydrogen-bond acceptors (Lipinski definition) is 2. The van der Waals surface area contributed by atoms with E-state index >= 15 is 0 Å². The minimum Gasteiger partial charge on any atom is -0.475 e. The third-order valence-electron chi connectivity index (χ3n) is 1.56. The molecule has 0 bridgehead atoms. The maximum atomic E-state index is 10.5. The Hall–Kier alpha value is -1.03. The molecule has 1 heterocycles. The Morgan fingerprint density at radius 1 is 1.42 bits per heavy atom. The normalized spacial score (nSPS) is 11.6. The molecule has 0 aliphatic rings. The predicted molar refractivity (Wildman–Crippen MR) is 48.6 cm³/mol. The van der Waals surface area contributed by atoms with Gasteiger partial charge in [0, 0.05) is 0 Å². The van der Waals surface area contributed by atoms with Gasteiger partial charge in [0.05, 0.1) is 5.38 Å². The van der Waals surface area contributed by atoms with Crippen molar-refractivity contribution in [1.29, 1.82) is 0 Å². The van der Waals surface area contributed by atoms with Crippen molar-refractivity contribution in [3.8, 4) is 0 Å². The fourth-order valence-corrected chi connectivity index (χ4v) is 1.86. The first-order valence-electron chi connectivity index (χ1n) is 3.75. The lowest BCUT2D eigenvalue weighted by atomic mass is 10.5. The van der Waals surface area contributed by atoms with Gasteiger partial charge in [-0.25, -0.2) is 4.79 Å². The van der Waals surface area contributed by atoms with Crippen molar-refractivity contribution in [2.45, 2.75) is 19.6 Å². The van der Waals surface area contributed by atoms with Crippen LogP contribution in [0.3, 0.4) is 0 Å². The summed E-state index contributed by atoms with van der Waals surface area (Å²) in [5, 5.41) is 9.42. The molecule has 0 unspecified atom stereocenters. The van der Waals surface area contributed by atoms with Crippen molar-refractivity contribution in [2.24, 2.45) is 0 Å². The molecule has 0 spiro atoms. The summed E-state index contributed by atoms with van der Waals surface area (Å²) in [6.07, 6.45) is 0. The van der Waals surface area contributed by atoms with Crippen molar-refractivity contribution >= 4 is 19.4 Å². The first-order valence-corrected chi connectivity index (χ1v) is 7.25. The average molecular weight is 184 g/mol. The maximum Gasteiger partial charge on any atom is 0.371 e. The minimum atomic E-state index is -1.49. The summed E-state index contributed by atoms with van der Waals surface area (Å²) in [7, 11) is -1.49. The van der Waals surface area contributed by atoms with Gasteiger partial charge in [0.15, 0.2) is 0 Å². The van der Waals surface area contributed by atoms with Gasteiger partial charge in [0.1, 0.15) is 8.07 Å². The van der Waals surface area contributed by atoms with Gasteiger partial charge in [-0.15, -0.1) is 0 Å². The molecule has 0 atom stereocenters. The Morgan fingerprint density at radius 2 is 2.00 bits per heavy atom. The lowest BCUT2D eigenvalue weighted by Crippen LogP contribution is -2.36. The number of rotatable bonds is 2. The molecule has 0 aliphatic heterocycles. The Morgan fingerprint density at radius 3 is 2.25 bits per heavy atom. The highest BCUT2D eigenvalue weighted by Gasteiger charge is 2.22. The molecule has 0 amide bonds. The molecule has 4 heteroatoms. The van der Waals surface area contributed by atoms with E-state index in [-0.39, 0.29) is 5.76 Å². The van der Waals surface area contributed by atoms with Crippen LogP contribution < -0.4 is 5.38 Å². The first-order chi connectivity index (χ1) is 5.41. The van der Waals surface area contributed by atoms with Gasteiger partial charge in [-0.05, 0) is 12.1 Å². The monoisotopic (exact) mass is 184 g/mol. The summed E-state index contributed by atoms with van der Waals surface area (Å²) >= 11 is 0. The zero-order valence-corrected chi connectivity index (χ0v) is 8.42. The molecular formula is C8H12O3Si. The van der Waals surface area contributed by atoms with Crippen LogP contribution in [0.5, 0.6) is 0 Å². The van der Waals surface area contributed by atoms with Crippen molar-refractivity contribution in [3.05, 3.63) is 17.9 Å². The molecule has 1 N–H and O–H groups in total. The predicted octanol–water partition coefficient (Wildman–Crippen LogP) is 1.52. The number of aromatic carboxylic acids is 1. The number of hydrogen-bond donors (Lipinski definition) is 1. The van der Waals surface area contributed by atoms with Crippen LogP contribution in [-0.4, -0.2) is 19.1 Å². The van der Waals surface area contributed by atoms with E-state index in [9.17, 15) is 4.79 Å². The van der Waals surface area contributed by atoms with Gasteiger partial charge >= 0.3 is 5.97 Å². The molecule has 0 aliphatic carbocycles. The Kier molecular flexibility index (Phi) is 2.10. The largest absolute Gasteiger partial charge is 0.475 e. The van der Waals surface area contributed by atoms with Gasteiger partial charge in [-0.1, -0.05) is 19.6 Å². The van der Waals surface area contributed by atoms with Gasteiger partial charge in [0.25, 0.3) is 0 Å². The molecule has 1 rings (SSSR count). The molecule has 12 heavy (non-hydrogen) atoms. The fraction of sp³-hybridized carbons (Fsp3) is 0.375. The van der Waals surface area contributed by atoms with Crippen LogP contribution in [0.25, 0.3) is 0 Å². The zero-order valence-electron chi connectivity index (χ0n) is 7.42. The van der Waals surface area contributed by atoms with Crippen molar-refractivity contribution < 1.29 is 14.3 Å². The average Bonchev–Trinajstić information content (AvgIpc) is 2.30. The number of carbonyl (C=O) groups is 1. The van der Waals surface area contributed by atoms with Crippen LogP contribution in [0.4, 0.5) is 0 Å². The third kappa shape index (κ3) is 1.76. The second-order valence-corrected chi connectivity index (χ2v) is 8.71. The molecule has 0 aromatic carbocycles. The van der Waals surface area contributed by atoms with Crippen molar-refractivity contribution in [2.75, 3.05) is 0 Å². The lowest BCUT2D eigenvalue weighted by molar-refractivity contribution is 0.0664. The molecular weight excluding hydrogens is 172 g/mol. The van der Waals surface area contributed by atoms with Crippen LogP contribution in [0.2, 0.25) is 19.6 Å². The second-order valence-electron chi connectivity index (χ2n) is 3.72. The maximum absolute atomic E-state index is 10.5. The molecule has 66 valence electrons. The van der Waals surface area contributed by atoms with Gasteiger partial charge in [0.2, 0.25) is 5.76 Å². The minimum absolute atomic E-state index is 0.0347. The van der Waals surface area contributed by atoms with E-state index in [4.69, 9.17) is 9.52 Å². The Bertz CT molecular complexity index is 295. The molecule has 1 aromatic heterocycles. The summed E-state index contributed by atoms with van der Waals surface area (Å²) in [5.74, 6) is -0.966. The summed E-state index contributed by atoms with van der Waals surface area (Å²) in [5.41, 5.74) is 0. The molecule has 0 fully saturated rings. The van der Waals surface area contributed by atoms with Crippen molar-refractivity contribution in [3.63, 3.8) is 0 Å². The number of carboxylic acid groups (broad SMARTS) is 1. The van der Waals surface area contributed by atoms with Crippen LogP contribution in [0, 0.1) is 0 Å². The highest BCUT2D eigenvalue weighted by molar-refractivity contribution is 6.87. The van der Waals surface area contributed by atoms with E-state index in [1.165, 1.54) is 6.07 Å². The van der Waals surface area contributed by atoms with Crippen LogP contribution >= 0.6 is 0 Å². The highest BCUT2D eigenvalue weighted by Crippen LogP contribution is 2.06. The Labute approximate surface area is 72.0 Å². The zero-order chi connectivity index (χ0) is 9.35. The first kappa shape index (κ1) is 9.06. The standard InChI is InChI=1S/C8H12O3Si/c1-12(2,3)7-5-4-6(11-7)8(9)10/h4-5H,1-3H3,(H,9,10). The van der Waals surface area contributed by atoms with Crippen LogP contribution in [0.15, 0.2) is 16.5 Å². The Balaban J connectivity index is 3.00. The van der Waals surface area contributed by atoms with E-state index in [2.05, 4.69) is 19.6 Å². The topological polar surface area (TPSA) is 50.4 Å². The van der Waals surface area contributed by atoms with Crippen LogP contribution in [0.1, 0.15) is 10.6 Å². The van der Waals surface area contributed by atoms with Gasteiger partial charge in [-0.3, -0.25) is 0 Å². The highest BCUT2D eigenvalue weighted by atomic mass is 28.3. The SMILES string of the molecule is C[Si](C)(C)c1ccc(C(=O)O)o1. The summed E-state index contributed by atoms with van der Waals surface area (Å²) in [6, 6.07) is 3.27. The van der Waals surface area contributed by atoms with Gasteiger partial charge < -0.3 is 9.52 Å². The number of carboxylic acids is 1. The number of furan rings is 1. The van der Waals surface area contributed by atoms with E-state index < -0.39 is 14.0 Å². The molecule has 0 radical (unpaired) electrons. The van der Waals surface area contributed by atoms with Crippen molar-refractivity contribution in [1.82, 2.24) is 0 Å². The van der Waals surface area contributed by atoms with E-state index in [0.29, 0.717) is 0 Å². The van der Waals surface area contributed by atoms with Crippen LogP contribution in [-0.2, 0) is 0 Å². The van der Waals surface area contributed by atoms with Gasteiger partial charge in [-0.2, -0.15) is 0 Å².